The lowest BCUT2D eigenvalue weighted by atomic mass is 9.97. The van der Waals surface area contributed by atoms with E-state index in [-0.39, 0.29) is 11.8 Å². The third kappa shape index (κ3) is 3.66. The monoisotopic (exact) mass is 453 g/mol. The van der Waals surface area contributed by atoms with E-state index in [1.54, 1.807) is 11.0 Å². The van der Waals surface area contributed by atoms with Gasteiger partial charge < -0.3 is 4.90 Å². The Labute approximate surface area is 198 Å². The van der Waals surface area contributed by atoms with Crippen LogP contribution in [0.25, 0.3) is 5.69 Å². The summed E-state index contributed by atoms with van der Waals surface area (Å²) in [6.45, 7) is 4.40. The number of carbonyl (C=O) groups excluding carboxylic acids is 1. The lowest BCUT2D eigenvalue weighted by Crippen LogP contribution is -2.50. The molecule has 1 fully saturated rings. The molecule has 1 amide bonds. The van der Waals surface area contributed by atoms with Gasteiger partial charge in [-0.15, -0.1) is 5.10 Å². The number of benzene rings is 2. The van der Waals surface area contributed by atoms with Gasteiger partial charge in [0.25, 0.3) is 0 Å². The van der Waals surface area contributed by atoms with Crippen molar-refractivity contribution in [3.05, 3.63) is 70.5 Å². The number of nitriles is 1. The Balaban J connectivity index is 1.08. The average molecular weight is 454 g/mol. The molecule has 2 atom stereocenters. The first-order valence-corrected chi connectivity index (χ1v) is 12.1. The summed E-state index contributed by atoms with van der Waals surface area (Å²) < 4.78 is 1.65. The fourth-order valence-corrected chi connectivity index (χ4v) is 6.00. The van der Waals surface area contributed by atoms with Crippen molar-refractivity contribution in [1.82, 2.24) is 30.0 Å². The smallest absolute Gasteiger partial charge is 0.230 e. The van der Waals surface area contributed by atoms with Crippen LogP contribution in [0.15, 0.2) is 42.7 Å². The van der Waals surface area contributed by atoms with Crippen molar-refractivity contribution in [3.63, 3.8) is 0 Å². The van der Waals surface area contributed by atoms with Crippen molar-refractivity contribution in [3.8, 4) is 11.8 Å². The minimum Gasteiger partial charge on any atom is -0.340 e. The molecule has 8 nitrogen and oxygen atoms in total. The van der Waals surface area contributed by atoms with Crippen LogP contribution in [-0.2, 0) is 17.6 Å². The Bertz CT molecular complexity index is 1250. The molecule has 0 bridgehead atoms. The molecule has 2 heterocycles. The maximum Gasteiger partial charge on any atom is 0.230 e. The maximum atomic E-state index is 13.4. The number of hydrogen-bond donors (Lipinski definition) is 0. The third-order valence-corrected chi connectivity index (χ3v) is 7.79. The molecular weight excluding hydrogens is 426 g/mol. The lowest BCUT2D eigenvalue weighted by Gasteiger charge is -2.37. The molecule has 0 N–H and O–H groups in total. The van der Waals surface area contributed by atoms with E-state index in [1.165, 1.54) is 16.7 Å². The van der Waals surface area contributed by atoms with Crippen molar-refractivity contribution in [2.45, 2.75) is 37.5 Å². The van der Waals surface area contributed by atoms with E-state index in [0.717, 1.165) is 75.2 Å². The standard InChI is InChI=1S/C26H27N7O/c27-15-19-2-1-3-22-20(5-7-24(19)22)16-31-10-12-32(13-11-31)26(34)25-8-4-18-14-21(6-9-23(18)25)33-17-28-29-30-33/h1-3,6,9,14,17,20,25H,4-5,7-8,10-13,16H2. The van der Waals surface area contributed by atoms with E-state index < -0.39 is 0 Å². The van der Waals surface area contributed by atoms with Gasteiger partial charge in [-0.1, -0.05) is 18.2 Å². The molecule has 6 rings (SSSR count). The number of carbonyl (C=O) groups is 1. The molecular formula is C26H27N7O. The summed E-state index contributed by atoms with van der Waals surface area (Å²) in [7, 11) is 0. The normalized spacial score (nSPS) is 21.8. The Kier molecular flexibility index (Phi) is 5.34. The fraction of sp³-hybridized carbons (Fsp3) is 0.423. The fourth-order valence-electron chi connectivity index (χ4n) is 6.00. The second kappa shape index (κ2) is 8.65. The first kappa shape index (κ1) is 21.0. The number of nitrogens with zero attached hydrogens (tertiary/aromatic N) is 7. The highest BCUT2D eigenvalue weighted by Gasteiger charge is 2.34. The van der Waals surface area contributed by atoms with E-state index in [9.17, 15) is 10.1 Å². The molecule has 1 aliphatic heterocycles. The van der Waals surface area contributed by atoms with Crippen LogP contribution in [0.4, 0.5) is 0 Å². The first-order valence-electron chi connectivity index (χ1n) is 12.1. The molecule has 3 aliphatic rings. The van der Waals surface area contributed by atoms with Crippen LogP contribution in [0.2, 0.25) is 0 Å². The molecule has 1 aromatic heterocycles. The van der Waals surface area contributed by atoms with Crippen molar-refractivity contribution < 1.29 is 4.79 Å². The van der Waals surface area contributed by atoms with Gasteiger partial charge in [-0.25, -0.2) is 4.68 Å². The highest BCUT2D eigenvalue weighted by Crippen LogP contribution is 2.37. The quantitative estimate of drug-likeness (QED) is 0.603. The lowest BCUT2D eigenvalue weighted by molar-refractivity contribution is -0.134. The van der Waals surface area contributed by atoms with Gasteiger partial charge in [0, 0.05) is 32.7 Å². The number of amides is 1. The van der Waals surface area contributed by atoms with E-state index >= 15 is 0 Å². The summed E-state index contributed by atoms with van der Waals surface area (Å²) in [6.07, 6.45) is 5.48. The number of rotatable bonds is 4. The Morgan fingerprint density at radius 1 is 1.06 bits per heavy atom. The zero-order chi connectivity index (χ0) is 23.1. The van der Waals surface area contributed by atoms with Crippen LogP contribution in [0, 0.1) is 11.3 Å². The van der Waals surface area contributed by atoms with Gasteiger partial charge in [0.05, 0.1) is 23.2 Å². The molecule has 2 aliphatic carbocycles. The summed E-state index contributed by atoms with van der Waals surface area (Å²) >= 11 is 0. The summed E-state index contributed by atoms with van der Waals surface area (Å²) in [5.74, 6) is 0.704. The highest BCUT2D eigenvalue weighted by atomic mass is 16.2. The van der Waals surface area contributed by atoms with Gasteiger partial charge in [0.2, 0.25) is 5.91 Å². The zero-order valence-electron chi connectivity index (χ0n) is 19.1. The molecule has 2 unspecified atom stereocenters. The van der Waals surface area contributed by atoms with Gasteiger partial charge in [-0.2, -0.15) is 5.26 Å². The number of tetrazole rings is 1. The van der Waals surface area contributed by atoms with Crippen LogP contribution >= 0.6 is 0 Å². The van der Waals surface area contributed by atoms with E-state index in [4.69, 9.17) is 0 Å². The SMILES string of the molecule is N#Cc1cccc2c1CCC2CN1CCN(C(=O)C2CCc3cc(-n4cnnn4)ccc32)CC1. The molecule has 0 spiro atoms. The molecule has 0 saturated carbocycles. The molecule has 34 heavy (non-hydrogen) atoms. The van der Waals surface area contributed by atoms with Crippen molar-refractivity contribution in [2.24, 2.45) is 0 Å². The summed E-state index contributed by atoms with van der Waals surface area (Å²) in [5.41, 5.74) is 6.73. The highest BCUT2D eigenvalue weighted by molar-refractivity contribution is 5.85. The topological polar surface area (TPSA) is 90.9 Å². The van der Waals surface area contributed by atoms with Crippen LogP contribution in [0.1, 0.15) is 52.5 Å². The van der Waals surface area contributed by atoms with Gasteiger partial charge in [0.15, 0.2) is 0 Å². The second-order valence-corrected chi connectivity index (χ2v) is 9.58. The van der Waals surface area contributed by atoms with Crippen molar-refractivity contribution in [1.29, 1.82) is 5.26 Å². The maximum absolute atomic E-state index is 13.4. The number of piperazine rings is 1. The van der Waals surface area contributed by atoms with Gasteiger partial charge in [-0.3, -0.25) is 9.69 Å². The third-order valence-electron chi connectivity index (χ3n) is 7.79. The molecule has 1 saturated heterocycles. The number of fused-ring (bicyclic) bond motifs is 2. The Morgan fingerprint density at radius 3 is 2.74 bits per heavy atom. The second-order valence-electron chi connectivity index (χ2n) is 9.58. The Morgan fingerprint density at radius 2 is 1.94 bits per heavy atom. The minimum absolute atomic E-state index is 0.0458. The minimum atomic E-state index is -0.0458. The van der Waals surface area contributed by atoms with E-state index in [2.05, 4.69) is 49.6 Å². The zero-order valence-corrected chi connectivity index (χ0v) is 19.1. The molecule has 2 aromatic carbocycles. The van der Waals surface area contributed by atoms with Gasteiger partial charge in [-0.05, 0) is 82.5 Å². The van der Waals surface area contributed by atoms with Crippen molar-refractivity contribution >= 4 is 5.91 Å². The van der Waals surface area contributed by atoms with Crippen molar-refractivity contribution in [2.75, 3.05) is 32.7 Å². The first-order chi connectivity index (χ1) is 16.7. The predicted octanol–water partition coefficient (Wildman–Crippen LogP) is 2.44. The number of hydrogen-bond acceptors (Lipinski definition) is 6. The summed E-state index contributed by atoms with van der Waals surface area (Å²) in [6, 6.07) is 14.7. The van der Waals surface area contributed by atoms with Gasteiger partial charge >= 0.3 is 0 Å². The average Bonchev–Trinajstić information content (AvgIpc) is 3.64. The predicted molar refractivity (Wildman–Crippen MR) is 125 cm³/mol. The number of aryl methyl sites for hydroxylation is 1. The van der Waals surface area contributed by atoms with Crippen LogP contribution in [-0.4, -0.2) is 68.6 Å². The van der Waals surface area contributed by atoms with Crippen LogP contribution in [0.3, 0.4) is 0 Å². The molecule has 3 aromatic rings. The molecule has 0 radical (unpaired) electrons. The molecule has 8 heteroatoms. The van der Waals surface area contributed by atoms with Crippen LogP contribution < -0.4 is 0 Å². The Hall–Kier alpha value is -3.57. The molecule has 172 valence electrons. The summed E-state index contributed by atoms with van der Waals surface area (Å²) in [4.78, 5) is 17.9. The number of aromatic nitrogens is 4. The van der Waals surface area contributed by atoms with Crippen LogP contribution in [0.5, 0.6) is 0 Å². The van der Waals surface area contributed by atoms with E-state index in [1.807, 2.05) is 18.2 Å². The van der Waals surface area contributed by atoms with Gasteiger partial charge in [0.1, 0.15) is 6.33 Å². The summed E-state index contributed by atoms with van der Waals surface area (Å²) in [5, 5.41) is 20.8. The largest absolute Gasteiger partial charge is 0.340 e. The van der Waals surface area contributed by atoms with E-state index in [0.29, 0.717) is 5.92 Å².